The van der Waals surface area contributed by atoms with Crippen LogP contribution in [0.3, 0.4) is 0 Å². The van der Waals surface area contributed by atoms with Gasteiger partial charge in [-0.25, -0.2) is 13.1 Å². The third kappa shape index (κ3) is 4.12. The Morgan fingerprint density at radius 3 is 2.56 bits per heavy atom. The molecule has 2 aliphatic rings. The Labute approximate surface area is 160 Å². The lowest BCUT2D eigenvalue weighted by molar-refractivity contribution is 0.171. The van der Waals surface area contributed by atoms with Crippen LogP contribution in [0.25, 0.3) is 0 Å². The molecule has 0 bridgehead atoms. The van der Waals surface area contributed by atoms with E-state index in [1.807, 2.05) is 25.1 Å². The molecule has 0 amide bonds. The Morgan fingerprint density at radius 1 is 1.07 bits per heavy atom. The summed E-state index contributed by atoms with van der Waals surface area (Å²) in [5, 5.41) is 0. The van der Waals surface area contributed by atoms with E-state index in [0.717, 1.165) is 23.5 Å². The minimum absolute atomic E-state index is 0.334. The highest BCUT2D eigenvalue weighted by Crippen LogP contribution is 2.46. The zero-order valence-corrected chi connectivity index (χ0v) is 16.3. The second-order valence-electron chi connectivity index (χ2n) is 7.30. The lowest BCUT2D eigenvalue weighted by Crippen LogP contribution is -2.27. The van der Waals surface area contributed by atoms with Crippen molar-refractivity contribution in [2.45, 2.75) is 37.0 Å². The predicted octanol–water partition coefficient (Wildman–Crippen LogP) is 3.63. The van der Waals surface area contributed by atoms with Crippen molar-refractivity contribution >= 4 is 10.0 Å². The van der Waals surface area contributed by atoms with E-state index in [2.05, 4.69) is 16.9 Å². The molecule has 144 valence electrons. The molecular weight excluding hydrogens is 362 g/mol. The van der Waals surface area contributed by atoms with Gasteiger partial charge in [0.05, 0.1) is 4.90 Å². The van der Waals surface area contributed by atoms with Crippen LogP contribution in [0.15, 0.2) is 47.4 Å². The summed E-state index contributed by atoms with van der Waals surface area (Å²) in [4.78, 5) is 0.354. The van der Waals surface area contributed by atoms with Crippen LogP contribution in [0.2, 0.25) is 0 Å². The molecule has 1 saturated carbocycles. The maximum Gasteiger partial charge on any atom is 0.240 e. The second kappa shape index (κ2) is 7.52. The standard InChI is InChI=1S/C21H25NO4S/c1-15-4-2-3-5-21(15)27(23,24)22-11-10-18(16-6-7-16)17-8-9-19-20(14-17)26-13-12-25-19/h2-5,8-9,14,16,18,22H,6-7,10-13H2,1H3. The van der Waals surface area contributed by atoms with Gasteiger partial charge in [-0.3, -0.25) is 0 Å². The molecule has 0 radical (unpaired) electrons. The first-order valence-corrected chi connectivity index (χ1v) is 11.0. The number of aryl methyl sites for hydroxylation is 1. The Kier molecular flexibility index (Phi) is 5.10. The number of ether oxygens (including phenoxy) is 2. The van der Waals surface area contributed by atoms with E-state index in [1.54, 1.807) is 12.1 Å². The highest BCUT2D eigenvalue weighted by molar-refractivity contribution is 7.89. The molecule has 2 aromatic carbocycles. The van der Waals surface area contributed by atoms with E-state index in [1.165, 1.54) is 18.4 Å². The number of hydrogen-bond acceptors (Lipinski definition) is 4. The van der Waals surface area contributed by atoms with E-state index in [4.69, 9.17) is 9.47 Å². The molecule has 5 nitrogen and oxygen atoms in total. The summed E-state index contributed by atoms with van der Waals surface area (Å²) in [6.07, 6.45) is 3.17. The molecule has 1 unspecified atom stereocenters. The summed E-state index contributed by atoms with van der Waals surface area (Å²) in [6, 6.07) is 13.2. The monoisotopic (exact) mass is 387 g/mol. The number of benzene rings is 2. The molecule has 27 heavy (non-hydrogen) atoms. The molecule has 1 heterocycles. The van der Waals surface area contributed by atoms with Crippen LogP contribution in [0.5, 0.6) is 11.5 Å². The Bertz CT molecular complexity index is 922. The third-order valence-corrected chi connectivity index (χ3v) is 6.94. The van der Waals surface area contributed by atoms with Gasteiger partial charge in [0.25, 0.3) is 0 Å². The minimum atomic E-state index is -3.48. The number of rotatable bonds is 7. The zero-order valence-electron chi connectivity index (χ0n) is 15.5. The Hall–Kier alpha value is -2.05. The molecule has 1 fully saturated rings. The SMILES string of the molecule is Cc1ccccc1S(=O)(=O)NCCC(c1ccc2c(c1)OCCO2)C1CC1. The van der Waals surface area contributed by atoms with Crippen LogP contribution >= 0.6 is 0 Å². The topological polar surface area (TPSA) is 64.6 Å². The van der Waals surface area contributed by atoms with Gasteiger partial charge in [0.2, 0.25) is 10.0 Å². The summed E-state index contributed by atoms with van der Waals surface area (Å²) in [6.45, 7) is 3.39. The van der Waals surface area contributed by atoms with Gasteiger partial charge in [0.15, 0.2) is 11.5 Å². The van der Waals surface area contributed by atoms with Crippen molar-refractivity contribution in [3.63, 3.8) is 0 Å². The van der Waals surface area contributed by atoms with Crippen LogP contribution in [-0.4, -0.2) is 28.2 Å². The first-order chi connectivity index (χ1) is 13.0. The van der Waals surface area contributed by atoms with Crippen LogP contribution in [0.4, 0.5) is 0 Å². The number of fused-ring (bicyclic) bond motifs is 1. The summed E-state index contributed by atoms with van der Waals surface area (Å²) in [7, 11) is -3.48. The van der Waals surface area contributed by atoms with Crippen molar-refractivity contribution in [2.75, 3.05) is 19.8 Å². The van der Waals surface area contributed by atoms with Gasteiger partial charge >= 0.3 is 0 Å². The summed E-state index contributed by atoms with van der Waals surface area (Å²) in [5.74, 6) is 2.54. The highest BCUT2D eigenvalue weighted by atomic mass is 32.2. The molecular formula is C21H25NO4S. The summed E-state index contributed by atoms with van der Waals surface area (Å²) in [5.41, 5.74) is 1.97. The second-order valence-corrected chi connectivity index (χ2v) is 9.03. The van der Waals surface area contributed by atoms with E-state index in [9.17, 15) is 8.42 Å². The van der Waals surface area contributed by atoms with Crippen molar-refractivity contribution < 1.29 is 17.9 Å². The average Bonchev–Trinajstić information content (AvgIpc) is 3.50. The maximum absolute atomic E-state index is 12.6. The largest absolute Gasteiger partial charge is 0.486 e. The van der Waals surface area contributed by atoms with E-state index in [-0.39, 0.29) is 0 Å². The molecule has 1 atom stereocenters. The van der Waals surface area contributed by atoms with Crippen LogP contribution in [0.1, 0.15) is 36.3 Å². The average molecular weight is 388 g/mol. The van der Waals surface area contributed by atoms with E-state index < -0.39 is 10.0 Å². The number of hydrogen-bond donors (Lipinski definition) is 1. The van der Waals surface area contributed by atoms with Crippen LogP contribution in [0, 0.1) is 12.8 Å². The molecule has 2 aromatic rings. The third-order valence-electron chi connectivity index (χ3n) is 5.32. The summed E-state index contributed by atoms with van der Waals surface area (Å²) >= 11 is 0. The molecule has 6 heteroatoms. The van der Waals surface area contributed by atoms with E-state index in [0.29, 0.717) is 36.5 Å². The Balaban J connectivity index is 1.45. The van der Waals surface area contributed by atoms with Crippen molar-refractivity contribution in [3.05, 3.63) is 53.6 Å². The fourth-order valence-electron chi connectivity index (χ4n) is 3.75. The van der Waals surface area contributed by atoms with Crippen LogP contribution < -0.4 is 14.2 Å². The van der Waals surface area contributed by atoms with Gasteiger partial charge in [-0.1, -0.05) is 24.3 Å². The molecule has 1 N–H and O–H groups in total. The van der Waals surface area contributed by atoms with Gasteiger partial charge in [-0.05, 0) is 67.3 Å². The Morgan fingerprint density at radius 2 is 1.81 bits per heavy atom. The van der Waals surface area contributed by atoms with Gasteiger partial charge in [-0.15, -0.1) is 0 Å². The molecule has 1 aliphatic heterocycles. The first-order valence-electron chi connectivity index (χ1n) is 9.49. The molecule has 4 rings (SSSR count). The molecule has 0 aromatic heterocycles. The van der Waals surface area contributed by atoms with Gasteiger partial charge < -0.3 is 9.47 Å². The molecule has 0 spiro atoms. The van der Waals surface area contributed by atoms with Gasteiger partial charge in [-0.2, -0.15) is 0 Å². The zero-order chi connectivity index (χ0) is 18.9. The van der Waals surface area contributed by atoms with Crippen molar-refractivity contribution in [1.82, 2.24) is 4.72 Å². The molecule has 0 saturated heterocycles. The smallest absolute Gasteiger partial charge is 0.240 e. The lowest BCUT2D eigenvalue weighted by Gasteiger charge is -2.22. The highest BCUT2D eigenvalue weighted by Gasteiger charge is 2.33. The number of sulfonamides is 1. The minimum Gasteiger partial charge on any atom is -0.486 e. The lowest BCUT2D eigenvalue weighted by atomic mass is 9.91. The van der Waals surface area contributed by atoms with Crippen molar-refractivity contribution in [2.24, 2.45) is 5.92 Å². The van der Waals surface area contributed by atoms with Crippen LogP contribution in [-0.2, 0) is 10.0 Å². The fraction of sp³-hybridized carbons (Fsp3) is 0.429. The summed E-state index contributed by atoms with van der Waals surface area (Å²) < 4.78 is 39.3. The van der Waals surface area contributed by atoms with Gasteiger partial charge in [0.1, 0.15) is 13.2 Å². The normalized spacial score (nSPS) is 17.5. The predicted molar refractivity (Wildman–Crippen MR) is 104 cm³/mol. The van der Waals surface area contributed by atoms with E-state index >= 15 is 0 Å². The maximum atomic E-state index is 12.6. The first kappa shape index (κ1) is 18.3. The quantitative estimate of drug-likeness (QED) is 0.788. The molecule has 1 aliphatic carbocycles. The van der Waals surface area contributed by atoms with Crippen molar-refractivity contribution in [1.29, 1.82) is 0 Å². The van der Waals surface area contributed by atoms with Gasteiger partial charge in [0, 0.05) is 6.54 Å². The van der Waals surface area contributed by atoms with Crippen molar-refractivity contribution in [3.8, 4) is 11.5 Å². The fourth-order valence-corrected chi connectivity index (χ4v) is 5.04. The number of nitrogens with one attached hydrogen (secondary N) is 1.